The monoisotopic (exact) mass is 446 g/mol. The van der Waals surface area contributed by atoms with Gasteiger partial charge in [0.2, 0.25) is 11.8 Å². The van der Waals surface area contributed by atoms with Gasteiger partial charge in [0.1, 0.15) is 5.82 Å². The Morgan fingerprint density at radius 2 is 1.79 bits per heavy atom. The van der Waals surface area contributed by atoms with E-state index in [4.69, 9.17) is 0 Å². The molecule has 5 rings (SSSR count). The molecule has 2 aromatic rings. The Balaban J connectivity index is 1.32. The summed E-state index contributed by atoms with van der Waals surface area (Å²) in [7, 11) is 0. The number of hydrogen-bond donors (Lipinski definition) is 1. The lowest BCUT2D eigenvalue weighted by Crippen LogP contribution is -2.73. The number of piperazine rings is 1. The first kappa shape index (κ1) is 21.7. The zero-order valence-corrected chi connectivity index (χ0v) is 18.4. The van der Waals surface area contributed by atoms with Gasteiger partial charge in [-0.1, -0.05) is 42.9 Å². The predicted molar refractivity (Wildman–Crippen MR) is 122 cm³/mol. The van der Waals surface area contributed by atoms with Crippen LogP contribution in [-0.4, -0.2) is 58.5 Å². The number of benzene rings is 2. The maximum Gasteiger partial charge on any atom is 0.242 e. The molecule has 5 nitrogen and oxygen atoms in total. The number of carbonyl (C=O) groups excluding carboxylic acids is 2. The number of carbonyl (C=O) groups is 2. The van der Waals surface area contributed by atoms with E-state index in [0.29, 0.717) is 12.1 Å². The second kappa shape index (κ2) is 8.99. The normalized spacial score (nSPS) is 24.7. The van der Waals surface area contributed by atoms with E-state index in [9.17, 15) is 19.1 Å². The Morgan fingerprint density at radius 1 is 1.06 bits per heavy atom. The minimum atomic E-state index is -0.316. The third-order valence-corrected chi connectivity index (χ3v) is 7.24. The van der Waals surface area contributed by atoms with Crippen molar-refractivity contribution in [1.29, 1.82) is 0 Å². The first-order chi connectivity index (χ1) is 16.0. The Kier molecular flexibility index (Phi) is 5.90. The zero-order valence-electron chi connectivity index (χ0n) is 18.4. The molecule has 3 atom stereocenters. The molecule has 1 saturated carbocycles. The highest BCUT2D eigenvalue weighted by molar-refractivity contribution is 5.88. The van der Waals surface area contributed by atoms with Crippen LogP contribution in [0.1, 0.15) is 48.3 Å². The van der Waals surface area contributed by atoms with Gasteiger partial charge in [0.25, 0.3) is 0 Å². The zero-order chi connectivity index (χ0) is 22.9. The Hall–Kier alpha value is -3.17. The van der Waals surface area contributed by atoms with Gasteiger partial charge >= 0.3 is 0 Å². The SMILES string of the molecule is O=C(C1CCCC1)N1CC(=O)N2[C@@H](CO)[C@H](c3ccc(C#Cc4cccc(F)c4)cc3)[C@@H]2C1. The Morgan fingerprint density at radius 3 is 2.48 bits per heavy atom. The van der Waals surface area contributed by atoms with E-state index in [1.54, 1.807) is 21.9 Å². The van der Waals surface area contributed by atoms with Gasteiger partial charge in [-0.05, 0) is 48.7 Å². The highest BCUT2D eigenvalue weighted by Gasteiger charge is 2.54. The predicted octanol–water partition coefficient (Wildman–Crippen LogP) is 2.91. The lowest BCUT2D eigenvalue weighted by atomic mass is 9.73. The second-order valence-corrected chi connectivity index (χ2v) is 9.23. The van der Waals surface area contributed by atoms with Gasteiger partial charge in [-0.25, -0.2) is 4.39 Å². The van der Waals surface area contributed by atoms with Crippen LogP contribution in [0.3, 0.4) is 0 Å². The quantitative estimate of drug-likeness (QED) is 0.738. The first-order valence-electron chi connectivity index (χ1n) is 11.6. The number of nitrogens with zero attached hydrogens (tertiary/aromatic N) is 2. The van der Waals surface area contributed by atoms with E-state index < -0.39 is 0 Å². The standard InChI is InChI=1S/C27H27FN2O3/c28-22-7-3-4-19(14-22)9-8-18-10-12-20(13-11-18)26-23-15-29(27(33)21-5-1-2-6-21)16-25(32)30(23)24(26)17-31/h3-4,7,10-14,21,23-24,26,31H,1-2,5-6,15-17H2/t23-,24-,26+/m0/s1. The smallest absolute Gasteiger partial charge is 0.242 e. The number of halogens is 1. The largest absolute Gasteiger partial charge is 0.394 e. The number of fused-ring (bicyclic) bond motifs is 1. The van der Waals surface area contributed by atoms with Crippen LogP contribution in [0.2, 0.25) is 0 Å². The van der Waals surface area contributed by atoms with Crippen molar-refractivity contribution in [3.05, 3.63) is 71.0 Å². The van der Waals surface area contributed by atoms with Crippen molar-refractivity contribution in [2.45, 2.75) is 43.7 Å². The van der Waals surface area contributed by atoms with Gasteiger partial charge in [-0.15, -0.1) is 0 Å². The van der Waals surface area contributed by atoms with Gasteiger partial charge in [-0.2, -0.15) is 0 Å². The van der Waals surface area contributed by atoms with Crippen LogP contribution in [0, 0.1) is 23.6 Å². The number of aliphatic hydroxyl groups is 1. The first-order valence-corrected chi connectivity index (χ1v) is 11.6. The summed E-state index contributed by atoms with van der Waals surface area (Å²) in [5.41, 5.74) is 2.44. The molecule has 0 bridgehead atoms. The van der Waals surface area contributed by atoms with Crippen LogP contribution in [0.25, 0.3) is 0 Å². The molecule has 0 radical (unpaired) electrons. The van der Waals surface area contributed by atoms with E-state index in [0.717, 1.165) is 36.8 Å². The molecule has 0 unspecified atom stereocenters. The van der Waals surface area contributed by atoms with E-state index in [1.807, 2.05) is 24.3 Å². The molecule has 2 heterocycles. The fourth-order valence-electron chi connectivity index (χ4n) is 5.60. The molecule has 0 spiro atoms. The fraction of sp³-hybridized carbons (Fsp3) is 0.407. The highest BCUT2D eigenvalue weighted by atomic mass is 19.1. The minimum absolute atomic E-state index is 0.0247. The molecule has 0 aromatic heterocycles. The molecule has 2 aliphatic heterocycles. The molecule has 1 aliphatic carbocycles. The summed E-state index contributed by atoms with van der Waals surface area (Å²) in [6.07, 6.45) is 3.99. The molecule has 33 heavy (non-hydrogen) atoms. The van der Waals surface area contributed by atoms with Gasteiger partial charge in [0.05, 0.1) is 25.2 Å². The highest BCUT2D eigenvalue weighted by Crippen LogP contribution is 2.43. The summed E-state index contributed by atoms with van der Waals surface area (Å²) in [5.74, 6) is 5.75. The molecule has 1 N–H and O–H groups in total. The maximum atomic E-state index is 13.3. The lowest BCUT2D eigenvalue weighted by Gasteiger charge is -2.59. The van der Waals surface area contributed by atoms with Gasteiger partial charge in [0.15, 0.2) is 0 Å². The van der Waals surface area contributed by atoms with E-state index in [2.05, 4.69) is 11.8 Å². The van der Waals surface area contributed by atoms with Crippen LogP contribution in [0.4, 0.5) is 4.39 Å². The number of amides is 2. The molecular weight excluding hydrogens is 419 g/mol. The van der Waals surface area contributed by atoms with E-state index >= 15 is 0 Å². The van der Waals surface area contributed by atoms with Crippen LogP contribution < -0.4 is 0 Å². The van der Waals surface area contributed by atoms with Crippen molar-refractivity contribution in [3.63, 3.8) is 0 Å². The summed E-state index contributed by atoms with van der Waals surface area (Å²) in [6, 6.07) is 13.6. The summed E-state index contributed by atoms with van der Waals surface area (Å²) >= 11 is 0. The number of hydrogen-bond acceptors (Lipinski definition) is 3. The van der Waals surface area contributed by atoms with Crippen molar-refractivity contribution < 1.29 is 19.1 Å². The van der Waals surface area contributed by atoms with Crippen LogP contribution >= 0.6 is 0 Å². The van der Waals surface area contributed by atoms with Crippen molar-refractivity contribution in [3.8, 4) is 11.8 Å². The summed E-state index contributed by atoms with van der Waals surface area (Å²) < 4.78 is 13.3. The van der Waals surface area contributed by atoms with E-state index in [1.165, 1.54) is 12.1 Å². The van der Waals surface area contributed by atoms with Crippen molar-refractivity contribution >= 4 is 11.8 Å². The van der Waals surface area contributed by atoms with Crippen molar-refractivity contribution in [2.24, 2.45) is 5.92 Å². The molecule has 3 fully saturated rings. The summed E-state index contributed by atoms with van der Waals surface area (Å²) in [6.45, 7) is 0.525. The summed E-state index contributed by atoms with van der Waals surface area (Å²) in [4.78, 5) is 29.2. The molecule has 2 aromatic carbocycles. The molecule has 2 amide bonds. The third kappa shape index (κ3) is 4.14. The summed E-state index contributed by atoms with van der Waals surface area (Å²) in [5, 5.41) is 9.98. The van der Waals surface area contributed by atoms with Gasteiger partial charge in [0, 0.05) is 29.5 Å². The topological polar surface area (TPSA) is 60.9 Å². The molecule has 170 valence electrons. The number of aliphatic hydroxyl groups excluding tert-OH is 1. The fourth-order valence-corrected chi connectivity index (χ4v) is 5.60. The van der Waals surface area contributed by atoms with Crippen LogP contribution in [0.15, 0.2) is 48.5 Å². The van der Waals surface area contributed by atoms with Crippen molar-refractivity contribution in [2.75, 3.05) is 19.7 Å². The second-order valence-electron chi connectivity index (χ2n) is 9.23. The maximum absolute atomic E-state index is 13.3. The van der Waals surface area contributed by atoms with Crippen molar-refractivity contribution in [1.82, 2.24) is 9.80 Å². The average Bonchev–Trinajstić information content (AvgIpc) is 3.34. The molecule has 3 aliphatic rings. The Bertz CT molecular complexity index is 1110. The van der Waals surface area contributed by atoms with Crippen LogP contribution in [0.5, 0.6) is 0 Å². The Labute approximate surface area is 193 Å². The average molecular weight is 447 g/mol. The lowest BCUT2D eigenvalue weighted by molar-refractivity contribution is -0.168. The third-order valence-electron chi connectivity index (χ3n) is 7.24. The molecule has 2 saturated heterocycles. The number of rotatable bonds is 3. The van der Waals surface area contributed by atoms with Gasteiger partial charge in [-0.3, -0.25) is 9.59 Å². The molecular formula is C27H27FN2O3. The minimum Gasteiger partial charge on any atom is -0.394 e. The molecule has 6 heteroatoms. The van der Waals surface area contributed by atoms with Crippen LogP contribution in [-0.2, 0) is 9.59 Å². The van der Waals surface area contributed by atoms with Gasteiger partial charge < -0.3 is 14.9 Å². The van der Waals surface area contributed by atoms with E-state index in [-0.39, 0.29) is 54.7 Å².